The van der Waals surface area contributed by atoms with Crippen molar-refractivity contribution in [2.24, 2.45) is 0 Å². The van der Waals surface area contributed by atoms with E-state index in [0.29, 0.717) is 43.6 Å². The standard InChI is InChI=1S/C30H35N5O5S/c1-30(2,3)40-29(37)34-15-13-33(14-16-34)20-22-11-12-26-23(17-22)18-27(28(36)24(19-31)21-32(4)5)35(26)41(38,39)25-9-7-6-8-10-25/h6-12,17-18,21H,13-16,20H2,1-5H3/b24-21+. The minimum atomic E-state index is -4.15. The molecule has 0 radical (unpaired) electrons. The van der Waals surface area contributed by atoms with Gasteiger partial charge in [-0.2, -0.15) is 5.26 Å². The van der Waals surface area contributed by atoms with E-state index < -0.39 is 21.4 Å². The molecular weight excluding hydrogens is 542 g/mol. The highest BCUT2D eigenvalue weighted by Gasteiger charge is 2.29. The van der Waals surface area contributed by atoms with Crippen LogP contribution in [0.2, 0.25) is 0 Å². The first-order valence-corrected chi connectivity index (χ1v) is 14.7. The van der Waals surface area contributed by atoms with Crippen molar-refractivity contribution in [1.29, 1.82) is 5.26 Å². The van der Waals surface area contributed by atoms with Gasteiger partial charge in [0.15, 0.2) is 0 Å². The molecule has 0 aliphatic carbocycles. The Bertz CT molecular complexity index is 1620. The third kappa shape index (κ3) is 6.78. The number of ketones is 1. The zero-order chi connectivity index (χ0) is 29.9. The summed E-state index contributed by atoms with van der Waals surface area (Å²) in [7, 11) is -0.788. The molecule has 0 saturated carbocycles. The fourth-order valence-electron chi connectivity index (χ4n) is 4.66. The van der Waals surface area contributed by atoms with Crippen molar-refractivity contribution in [2.45, 2.75) is 37.8 Å². The minimum Gasteiger partial charge on any atom is -0.444 e. The summed E-state index contributed by atoms with van der Waals surface area (Å²) in [5.74, 6) is -0.684. The summed E-state index contributed by atoms with van der Waals surface area (Å²) in [6.45, 7) is 8.50. The molecule has 10 nitrogen and oxygen atoms in total. The Balaban J connectivity index is 1.66. The third-order valence-corrected chi connectivity index (χ3v) is 8.26. The van der Waals surface area contributed by atoms with E-state index in [4.69, 9.17) is 4.74 Å². The first kappa shape index (κ1) is 29.8. The van der Waals surface area contributed by atoms with Gasteiger partial charge in [-0.15, -0.1) is 0 Å². The number of carbonyl (C=O) groups excluding carboxylic acids is 2. The number of carbonyl (C=O) groups is 2. The molecule has 1 aliphatic rings. The summed E-state index contributed by atoms with van der Waals surface area (Å²) >= 11 is 0. The van der Waals surface area contributed by atoms with E-state index in [1.165, 1.54) is 24.4 Å². The van der Waals surface area contributed by atoms with Crippen molar-refractivity contribution in [2.75, 3.05) is 40.3 Å². The second-order valence-electron chi connectivity index (χ2n) is 11.2. The van der Waals surface area contributed by atoms with Crippen LogP contribution >= 0.6 is 0 Å². The van der Waals surface area contributed by atoms with Gasteiger partial charge in [-0.25, -0.2) is 17.2 Å². The maximum atomic E-state index is 13.8. The summed E-state index contributed by atoms with van der Waals surface area (Å²) in [5, 5.41) is 10.2. The number of rotatable bonds is 7. The van der Waals surface area contributed by atoms with Crippen molar-refractivity contribution in [1.82, 2.24) is 18.7 Å². The molecule has 3 aromatic rings. The average Bonchev–Trinajstić information content (AvgIpc) is 3.31. The minimum absolute atomic E-state index is 0.0357. The van der Waals surface area contributed by atoms with Crippen LogP contribution in [0, 0.1) is 11.3 Å². The highest BCUT2D eigenvalue weighted by Crippen LogP contribution is 2.29. The number of nitrogens with zero attached hydrogens (tertiary/aromatic N) is 5. The van der Waals surface area contributed by atoms with E-state index in [-0.39, 0.29) is 22.3 Å². The molecule has 0 bridgehead atoms. The van der Waals surface area contributed by atoms with Gasteiger partial charge >= 0.3 is 6.09 Å². The zero-order valence-electron chi connectivity index (χ0n) is 24.0. The number of nitriles is 1. The van der Waals surface area contributed by atoms with E-state index in [0.717, 1.165) is 9.54 Å². The van der Waals surface area contributed by atoms with Crippen LogP contribution in [-0.2, 0) is 21.3 Å². The summed E-state index contributed by atoms with van der Waals surface area (Å²) < 4.78 is 34.1. The van der Waals surface area contributed by atoms with E-state index in [9.17, 15) is 23.3 Å². The maximum absolute atomic E-state index is 13.8. The predicted octanol–water partition coefficient (Wildman–Crippen LogP) is 4.08. The molecule has 0 N–H and O–H groups in total. The molecule has 1 aliphatic heterocycles. The number of aromatic nitrogens is 1. The predicted molar refractivity (Wildman–Crippen MR) is 156 cm³/mol. The van der Waals surface area contributed by atoms with Crippen molar-refractivity contribution in [3.8, 4) is 6.07 Å². The largest absolute Gasteiger partial charge is 0.444 e. The second-order valence-corrected chi connectivity index (χ2v) is 13.0. The quantitative estimate of drug-likeness (QED) is 0.234. The maximum Gasteiger partial charge on any atom is 0.410 e. The van der Waals surface area contributed by atoms with Crippen LogP contribution < -0.4 is 0 Å². The Morgan fingerprint density at radius 2 is 1.68 bits per heavy atom. The molecule has 2 aromatic carbocycles. The smallest absolute Gasteiger partial charge is 0.410 e. The molecule has 0 spiro atoms. The summed E-state index contributed by atoms with van der Waals surface area (Å²) in [6.07, 6.45) is 1.05. The van der Waals surface area contributed by atoms with Gasteiger partial charge in [-0.1, -0.05) is 24.3 Å². The Kier molecular flexibility index (Phi) is 8.56. The van der Waals surface area contributed by atoms with Gasteiger partial charge < -0.3 is 14.5 Å². The van der Waals surface area contributed by atoms with E-state index in [1.807, 2.05) is 39.0 Å². The molecule has 1 fully saturated rings. The second kappa shape index (κ2) is 11.8. The van der Waals surface area contributed by atoms with Gasteiger partial charge in [0.2, 0.25) is 5.78 Å². The van der Waals surface area contributed by atoms with E-state index >= 15 is 0 Å². The first-order valence-electron chi connectivity index (χ1n) is 13.3. The van der Waals surface area contributed by atoms with Crippen molar-refractivity contribution in [3.63, 3.8) is 0 Å². The van der Waals surface area contributed by atoms with Crippen LogP contribution in [-0.4, -0.2) is 84.8 Å². The Labute approximate surface area is 241 Å². The molecule has 11 heteroatoms. The van der Waals surface area contributed by atoms with Gasteiger partial charge in [0.1, 0.15) is 22.9 Å². The lowest BCUT2D eigenvalue weighted by atomic mass is 10.1. The van der Waals surface area contributed by atoms with E-state index in [2.05, 4.69) is 4.90 Å². The molecular formula is C30H35N5O5S. The van der Waals surface area contributed by atoms with Crippen LogP contribution in [0.4, 0.5) is 4.79 Å². The van der Waals surface area contributed by atoms with Gasteiger partial charge in [0, 0.05) is 58.4 Å². The lowest BCUT2D eigenvalue weighted by molar-refractivity contribution is 0.0139. The number of hydrogen-bond acceptors (Lipinski definition) is 8. The number of allylic oxidation sites excluding steroid dienone is 1. The fraction of sp³-hybridized carbons (Fsp3) is 0.367. The van der Waals surface area contributed by atoms with Gasteiger partial charge in [-0.05, 0) is 56.7 Å². The number of ether oxygens (including phenoxy) is 1. The van der Waals surface area contributed by atoms with Crippen LogP contribution in [0.3, 0.4) is 0 Å². The number of Topliss-reactive ketones (excluding diaryl/α,β-unsaturated/α-hetero) is 1. The molecule has 1 amide bonds. The molecule has 216 valence electrons. The highest BCUT2D eigenvalue weighted by atomic mass is 32.2. The Hall–Kier alpha value is -4.14. The van der Waals surface area contributed by atoms with E-state index in [1.54, 1.807) is 48.2 Å². The number of piperazine rings is 1. The average molecular weight is 578 g/mol. The molecule has 0 atom stereocenters. The number of hydrogen-bond donors (Lipinski definition) is 0. The van der Waals surface area contributed by atoms with Gasteiger partial charge in [-0.3, -0.25) is 9.69 Å². The van der Waals surface area contributed by atoms with Crippen LogP contribution in [0.5, 0.6) is 0 Å². The lowest BCUT2D eigenvalue weighted by Crippen LogP contribution is -2.49. The first-order chi connectivity index (χ1) is 19.3. The van der Waals surface area contributed by atoms with Crippen LogP contribution in [0.25, 0.3) is 10.9 Å². The summed E-state index contributed by atoms with van der Waals surface area (Å²) in [4.78, 5) is 31.4. The Morgan fingerprint density at radius 3 is 2.27 bits per heavy atom. The SMILES string of the molecule is CN(C)/C=C(\C#N)C(=O)c1cc2cc(CN3CCN(C(=O)OC(C)(C)C)CC3)ccc2n1S(=O)(=O)c1ccccc1. The molecule has 2 heterocycles. The zero-order valence-corrected chi connectivity index (χ0v) is 24.8. The van der Waals surface area contributed by atoms with Gasteiger partial charge in [0.25, 0.3) is 10.0 Å². The van der Waals surface area contributed by atoms with Crippen molar-refractivity contribution < 1.29 is 22.7 Å². The molecule has 4 rings (SSSR count). The summed E-state index contributed by atoms with van der Waals surface area (Å²) in [6, 6.07) is 16.7. The normalized spacial score (nSPS) is 15.0. The van der Waals surface area contributed by atoms with Gasteiger partial charge in [0.05, 0.1) is 10.4 Å². The third-order valence-electron chi connectivity index (χ3n) is 6.52. The molecule has 1 saturated heterocycles. The van der Waals surface area contributed by atoms with Crippen molar-refractivity contribution >= 4 is 32.8 Å². The lowest BCUT2D eigenvalue weighted by Gasteiger charge is -2.35. The number of benzene rings is 2. The topological polar surface area (TPSA) is 116 Å². The fourth-order valence-corrected chi connectivity index (χ4v) is 6.19. The monoisotopic (exact) mass is 577 g/mol. The van der Waals surface area contributed by atoms with Crippen molar-refractivity contribution in [3.05, 3.63) is 77.6 Å². The van der Waals surface area contributed by atoms with Crippen LogP contribution in [0.1, 0.15) is 36.8 Å². The highest BCUT2D eigenvalue weighted by molar-refractivity contribution is 7.90. The molecule has 1 aromatic heterocycles. The molecule has 0 unspecified atom stereocenters. The number of fused-ring (bicyclic) bond motifs is 1. The molecule has 41 heavy (non-hydrogen) atoms. The van der Waals surface area contributed by atoms with Crippen LogP contribution in [0.15, 0.2) is 71.3 Å². The summed E-state index contributed by atoms with van der Waals surface area (Å²) in [5.41, 5.74) is 0.440. The number of amides is 1. The Morgan fingerprint density at radius 1 is 1.02 bits per heavy atom.